The SMILES string of the molecule is c1coc(-c2noc(CN3CCCCC3C3OCCO3)n2)c1. The number of nitrogens with zero attached hydrogens (tertiary/aromatic N) is 3. The van der Waals surface area contributed by atoms with E-state index in [0.717, 1.165) is 13.0 Å². The third-order valence-electron chi connectivity index (χ3n) is 4.17. The van der Waals surface area contributed by atoms with Crippen molar-refractivity contribution >= 4 is 0 Å². The minimum Gasteiger partial charge on any atom is -0.461 e. The van der Waals surface area contributed by atoms with Crippen molar-refractivity contribution in [2.45, 2.75) is 38.1 Å². The Hall–Kier alpha value is -1.70. The highest BCUT2D eigenvalue weighted by molar-refractivity contribution is 5.44. The van der Waals surface area contributed by atoms with Crippen LogP contribution in [0.15, 0.2) is 27.3 Å². The van der Waals surface area contributed by atoms with E-state index < -0.39 is 0 Å². The van der Waals surface area contributed by atoms with Gasteiger partial charge in [0.15, 0.2) is 12.1 Å². The summed E-state index contributed by atoms with van der Waals surface area (Å²) in [4.78, 5) is 6.73. The predicted molar refractivity (Wildman–Crippen MR) is 75.7 cm³/mol. The first-order valence-corrected chi connectivity index (χ1v) is 7.74. The standard InChI is InChI=1S/C15H19N3O4/c1-2-6-18(11(4-1)15-20-8-9-21-15)10-13-16-14(17-22-13)12-5-3-7-19-12/h3,5,7,11,15H,1-2,4,6,8-10H2. The Labute approximate surface area is 128 Å². The molecule has 118 valence electrons. The van der Waals surface area contributed by atoms with Crippen molar-refractivity contribution in [1.29, 1.82) is 0 Å². The second-order valence-corrected chi connectivity index (χ2v) is 5.63. The number of ether oxygens (including phenoxy) is 2. The Kier molecular flexibility index (Phi) is 3.92. The monoisotopic (exact) mass is 305 g/mol. The van der Waals surface area contributed by atoms with Crippen molar-refractivity contribution in [3.63, 3.8) is 0 Å². The summed E-state index contributed by atoms with van der Waals surface area (Å²) in [5.41, 5.74) is 0. The lowest BCUT2D eigenvalue weighted by Gasteiger charge is -2.36. The van der Waals surface area contributed by atoms with Gasteiger partial charge in [0.25, 0.3) is 0 Å². The Balaban J connectivity index is 1.46. The molecular formula is C15H19N3O4. The number of likely N-dealkylation sites (tertiary alicyclic amines) is 1. The number of piperidine rings is 1. The maximum atomic E-state index is 5.68. The first-order chi connectivity index (χ1) is 10.9. The first-order valence-electron chi connectivity index (χ1n) is 7.74. The largest absolute Gasteiger partial charge is 0.461 e. The molecule has 1 unspecified atom stereocenters. The van der Waals surface area contributed by atoms with E-state index in [1.54, 1.807) is 12.3 Å². The number of furan rings is 1. The lowest BCUT2D eigenvalue weighted by Crippen LogP contribution is -2.46. The van der Waals surface area contributed by atoms with Gasteiger partial charge in [-0.1, -0.05) is 11.6 Å². The molecule has 7 nitrogen and oxygen atoms in total. The van der Waals surface area contributed by atoms with Gasteiger partial charge in [-0.25, -0.2) is 0 Å². The van der Waals surface area contributed by atoms with Crippen LogP contribution in [-0.4, -0.2) is 47.1 Å². The maximum absolute atomic E-state index is 5.68. The van der Waals surface area contributed by atoms with Gasteiger partial charge in [0.05, 0.1) is 32.1 Å². The first kappa shape index (κ1) is 13.9. The van der Waals surface area contributed by atoms with Gasteiger partial charge < -0.3 is 18.4 Å². The van der Waals surface area contributed by atoms with Crippen molar-refractivity contribution in [3.8, 4) is 11.6 Å². The lowest BCUT2D eigenvalue weighted by atomic mass is 10.0. The molecule has 2 fully saturated rings. The molecular weight excluding hydrogens is 286 g/mol. The van der Waals surface area contributed by atoms with E-state index in [4.69, 9.17) is 18.4 Å². The van der Waals surface area contributed by atoms with Crippen LogP contribution < -0.4 is 0 Å². The highest BCUT2D eigenvalue weighted by atomic mass is 16.7. The molecule has 0 aromatic carbocycles. The fourth-order valence-electron chi connectivity index (χ4n) is 3.12. The average Bonchev–Trinajstić information content (AvgIpc) is 3.30. The molecule has 4 heterocycles. The van der Waals surface area contributed by atoms with Crippen LogP contribution in [0, 0.1) is 0 Å². The van der Waals surface area contributed by atoms with Crippen LogP contribution in [0.3, 0.4) is 0 Å². The highest BCUT2D eigenvalue weighted by Crippen LogP contribution is 2.26. The smallest absolute Gasteiger partial charge is 0.241 e. The molecule has 1 atom stereocenters. The zero-order chi connectivity index (χ0) is 14.8. The predicted octanol–water partition coefficient (Wildman–Crippen LogP) is 2.06. The van der Waals surface area contributed by atoms with Gasteiger partial charge in [-0.2, -0.15) is 4.98 Å². The van der Waals surface area contributed by atoms with Crippen LogP contribution in [0.1, 0.15) is 25.2 Å². The number of aromatic nitrogens is 2. The molecule has 0 spiro atoms. The fraction of sp³-hybridized carbons (Fsp3) is 0.600. The molecule has 0 aliphatic carbocycles. The van der Waals surface area contributed by atoms with Crippen molar-refractivity contribution in [2.75, 3.05) is 19.8 Å². The number of rotatable bonds is 4. The molecule has 2 saturated heterocycles. The minimum atomic E-state index is -0.132. The van der Waals surface area contributed by atoms with E-state index in [1.165, 1.54) is 12.8 Å². The normalized spacial score (nSPS) is 24.1. The van der Waals surface area contributed by atoms with E-state index in [0.29, 0.717) is 37.2 Å². The summed E-state index contributed by atoms with van der Waals surface area (Å²) < 4.78 is 22.0. The molecule has 2 aliphatic rings. The van der Waals surface area contributed by atoms with E-state index >= 15 is 0 Å². The third kappa shape index (κ3) is 2.79. The molecule has 2 aromatic heterocycles. The summed E-state index contributed by atoms with van der Waals surface area (Å²) >= 11 is 0. The Morgan fingerprint density at radius 1 is 1.23 bits per heavy atom. The molecule has 4 rings (SSSR count). The highest BCUT2D eigenvalue weighted by Gasteiger charge is 2.34. The molecule has 7 heteroatoms. The van der Waals surface area contributed by atoms with E-state index in [9.17, 15) is 0 Å². The van der Waals surface area contributed by atoms with Crippen LogP contribution in [-0.2, 0) is 16.0 Å². The summed E-state index contributed by atoms with van der Waals surface area (Å²) in [6, 6.07) is 3.88. The van der Waals surface area contributed by atoms with Gasteiger partial charge in [0, 0.05) is 0 Å². The summed E-state index contributed by atoms with van der Waals surface area (Å²) in [6.45, 7) is 2.96. The van der Waals surface area contributed by atoms with Crippen LogP contribution in [0.4, 0.5) is 0 Å². The Morgan fingerprint density at radius 3 is 2.95 bits per heavy atom. The second kappa shape index (κ2) is 6.20. The average molecular weight is 305 g/mol. The van der Waals surface area contributed by atoms with Crippen LogP contribution in [0.25, 0.3) is 11.6 Å². The van der Waals surface area contributed by atoms with E-state index in [-0.39, 0.29) is 12.3 Å². The van der Waals surface area contributed by atoms with Gasteiger partial charge in [-0.3, -0.25) is 4.90 Å². The molecule has 0 N–H and O–H groups in total. The van der Waals surface area contributed by atoms with Gasteiger partial charge >= 0.3 is 0 Å². The van der Waals surface area contributed by atoms with Crippen LogP contribution in [0.5, 0.6) is 0 Å². The molecule has 2 aromatic rings. The zero-order valence-electron chi connectivity index (χ0n) is 12.3. The van der Waals surface area contributed by atoms with E-state index in [2.05, 4.69) is 15.0 Å². The summed E-state index contributed by atoms with van der Waals surface area (Å²) in [6.07, 6.45) is 4.91. The van der Waals surface area contributed by atoms with Gasteiger partial charge in [0.1, 0.15) is 0 Å². The number of hydrogen-bond acceptors (Lipinski definition) is 7. The van der Waals surface area contributed by atoms with Gasteiger partial charge in [0.2, 0.25) is 11.7 Å². The third-order valence-corrected chi connectivity index (χ3v) is 4.17. The molecule has 0 saturated carbocycles. The summed E-state index contributed by atoms with van der Waals surface area (Å²) in [5, 5.41) is 3.98. The maximum Gasteiger partial charge on any atom is 0.241 e. The molecule has 0 amide bonds. The molecule has 0 bridgehead atoms. The van der Waals surface area contributed by atoms with Gasteiger partial charge in [-0.05, 0) is 31.5 Å². The van der Waals surface area contributed by atoms with Crippen molar-refractivity contribution < 1.29 is 18.4 Å². The fourth-order valence-corrected chi connectivity index (χ4v) is 3.12. The van der Waals surface area contributed by atoms with Crippen molar-refractivity contribution in [1.82, 2.24) is 15.0 Å². The van der Waals surface area contributed by atoms with E-state index in [1.807, 2.05) is 6.07 Å². The summed E-state index contributed by atoms with van der Waals surface area (Å²) in [5.74, 6) is 1.70. The Bertz CT molecular complexity index is 592. The minimum absolute atomic E-state index is 0.132. The molecule has 22 heavy (non-hydrogen) atoms. The van der Waals surface area contributed by atoms with Crippen LogP contribution in [0.2, 0.25) is 0 Å². The molecule has 2 aliphatic heterocycles. The number of hydrogen-bond donors (Lipinski definition) is 0. The second-order valence-electron chi connectivity index (χ2n) is 5.63. The zero-order valence-corrected chi connectivity index (χ0v) is 12.3. The van der Waals surface area contributed by atoms with Crippen LogP contribution >= 0.6 is 0 Å². The summed E-state index contributed by atoms with van der Waals surface area (Å²) in [7, 11) is 0. The molecule has 0 radical (unpaired) electrons. The lowest BCUT2D eigenvalue weighted by molar-refractivity contribution is -0.112. The Morgan fingerprint density at radius 2 is 2.14 bits per heavy atom. The van der Waals surface area contributed by atoms with Crippen molar-refractivity contribution in [3.05, 3.63) is 24.3 Å². The van der Waals surface area contributed by atoms with Crippen molar-refractivity contribution in [2.24, 2.45) is 0 Å². The quantitative estimate of drug-likeness (QED) is 0.856. The van der Waals surface area contributed by atoms with Gasteiger partial charge in [-0.15, -0.1) is 0 Å². The topological polar surface area (TPSA) is 73.8 Å².